The quantitative estimate of drug-likeness (QED) is 0.275. The Bertz CT molecular complexity index is 1170. The molecule has 0 bridgehead atoms. The lowest BCUT2D eigenvalue weighted by Crippen LogP contribution is -2.13. The van der Waals surface area contributed by atoms with Crippen LogP contribution < -0.4 is 10.1 Å². The first-order valence-electron chi connectivity index (χ1n) is 8.83. The topological polar surface area (TPSA) is 118 Å². The zero-order valence-electron chi connectivity index (χ0n) is 16.2. The van der Waals surface area contributed by atoms with Gasteiger partial charge in [0.25, 0.3) is 11.6 Å². The molecule has 2 aromatic carbocycles. The van der Waals surface area contributed by atoms with Gasteiger partial charge in [-0.15, -0.1) is 0 Å². The molecular weight excluding hydrogens is 386 g/mol. The highest BCUT2D eigenvalue weighted by atomic mass is 16.6. The maximum absolute atomic E-state index is 12.4. The molecule has 0 radical (unpaired) electrons. The number of hydrogen-bond donors (Lipinski definition) is 1. The van der Waals surface area contributed by atoms with Gasteiger partial charge in [0.1, 0.15) is 28.9 Å². The minimum Gasteiger partial charge on any atom is -0.497 e. The molecule has 8 nitrogen and oxygen atoms in total. The second-order valence-corrected chi connectivity index (χ2v) is 6.31. The number of non-ortho nitro benzene ring substituents is 1. The van der Waals surface area contributed by atoms with Gasteiger partial charge in [-0.3, -0.25) is 14.9 Å². The average Bonchev–Trinajstić information content (AvgIpc) is 3.21. The van der Waals surface area contributed by atoms with Crippen molar-refractivity contribution < 1.29 is 18.9 Å². The number of nitro groups is 1. The van der Waals surface area contributed by atoms with Crippen LogP contribution in [-0.4, -0.2) is 17.9 Å². The zero-order chi connectivity index (χ0) is 21.7. The molecule has 0 atom stereocenters. The van der Waals surface area contributed by atoms with Crippen LogP contribution in [0, 0.1) is 28.4 Å². The number of nitro benzene ring substituents is 1. The van der Waals surface area contributed by atoms with E-state index in [9.17, 15) is 20.2 Å². The predicted molar refractivity (Wildman–Crippen MR) is 111 cm³/mol. The molecule has 0 aliphatic heterocycles. The number of nitriles is 1. The van der Waals surface area contributed by atoms with Crippen LogP contribution in [0.4, 0.5) is 11.4 Å². The maximum atomic E-state index is 12.4. The van der Waals surface area contributed by atoms with E-state index >= 15 is 0 Å². The highest BCUT2D eigenvalue weighted by molar-refractivity contribution is 6.09. The van der Waals surface area contributed by atoms with Crippen LogP contribution in [0.1, 0.15) is 11.3 Å². The first kappa shape index (κ1) is 20.4. The van der Waals surface area contributed by atoms with Crippen LogP contribution in [0.3, 0.4) is 0 Å². The van der Waals surface area contributed by atoms with Crippen molar-refractivity contribution >= 4 is 23.4 Å². The molecule has 0 saturated carbocycles. The summed E-state index contributed by atoms with van der Waals surface area (Å²) >= 11 is 0. The fraction of sp³-hybridized carbons (Fsp3) is 0.0909. The van der Waals surface area contributed by atoms with Gasteiger partial charge in [-0.1, -0.05) is 6.07 Å². The number of furan rings is 1. The fourth-order valence-electron chi connectivity index (χ4n) is 2.73. The number of aryl methyl sites for hydroxylation is 1. The van der Waals surface area contributed by atoms with Gasteiger partial charge in [-0.25, -0.2) is 0 Å². The van der Waals surface area contributed by atoms with Gasteiger partial charge in [-0.2, -0.15) is 5.26 Å². The van der Waals surface area contributed by atoms with E-state index in [1.54, 1.807) is 49.4 Å². The number of amides is 1. The number of nitrogens with one attached hydrogen (secondary N) is 1. The Hall–Kier alpha value is -4.38. The van der Waals surface area contributed by atoms with E-state index < -0.39 is 10.8 Å². The van der Waals surface area contributed by atoms with Crippen LogP contribution in [0.25, 0.3) is 17.4 Å². The van der Waals surface area contributed by atoms with Crippen molar-refractivity contribution in [1.82, 2.24) is 0 Å². The Balaban J connectivity index is 1.83. The van der Waals surface area contributed by atoms with Gasteiger partial charge in [0.05, 0.1) is 12.0 Å². The average molecular weight is 403 g/mol. The molecule has 0 aliphatic rings. The monoisotopic (exact) mass is 403 g/mol. The van der Waals surface area contributed by atoms with Crippen molar-refractivity contribution in [3.8, 4) is 23.1 Å². The van der Waals surface area contributed by atoms with E-state index in [1.165, 1.54) is 25.3 Å². The number of anilines is 1. The van der Waals surface area contributed by atoms with Crippen molar-refractivity contribution in [2.75, 3.05) is 12.4 Å². The Labute approximate surface area is 172 Å². The SMILES string of the molecule is COc1ccc(NC(=O)/C(C#N)=C\c2ccc(-c3cc([N+](=O)[O-])ccc3C)o2)cc1. The van der Waals surface area contributed by atoms with E-state index in [0.29, 0.717) is 22.8 Å². The first-order valence-corrected chi connectivity index (χ1v) is 8.83. The lowest BCUT2D eigenvalue weighted by molar-refractivity contribution is -0.384. The van der Waals surface area contributed by atoms with Gasteiger partial charge in [0.15, 0.2) is 0 Å². The lowest BCUT2D eigenvalue weighted by atomic mass is 10.1. The summed E-state index contributed by atoms with van der Waals surface area (Å²) in [5.74, 6) is 0.725. The molecular formula is C22H17N3O5. The summed E-state index contributed by atoms with van der Waals surface area (Å²) in [6.45, 7) is 1.81. The number of nitrogens with zero attached hydrogens (tertiary/aromatic N) is 2. The summed E-state index contributed by atoms with van der Waals surface area (Å²) in [7, 11) is 1.54. The van der Waals surface area contributed by atoms with E-state index in [4.69, 9.17) is 9.15 Å². The predicted octanol–water partition coefficient (Wildman–Crippen LogP) is 4.72. The number of carbonyl (C=O) groups excluding carboxylic acids is 1. The molecule has 1 heterocycles. The molecule has 8 heteroatoms. The Morgan fingerprint density at radius 1 is 1.20 bits per heavy atom. The number of benzene rings is 2. The third-order valence-electron chi connectivity index (χ3n) is 4.32. The molecule has 0 fully saturated rings. The van der Waals surface area contributed by atoms with Crippen LogP contribution in [0.5, 0.6) is 5.75 Å². The Morgan fingerprint density at radius 3 is 2.57 bits per heavy atom. The summed E-state index contributed by atoms with van der Waals surface area (Å²) in [4.78, 5) is 22.9. The third-order valence-corrected chi connectivity index (χ3v) is 4.32. The van der Waals surface area contributed by atoms with E-state index in [0.717, 1.165) is 5.56 Å². The van der Waals surface area contributed by atoms with Gasteiger partial charge in [0, 0.05) is 29.5 Å². The summed E-state index contributed by atoms with van der Waals surface area (Å²) in [5, 5.41) is 23.0. The van der Waals surface area contributed by atoms with Crippen molar-refractivity contribution in [2.45, 2.75) is 6.92 Å². The highest BCUT2D eigenvalue weighted by Gasteiger charge is 2.15. The maximum Gasteiger partial charge on any atom is 0.270 e. The van der Waals surface area contributed by atoms with Crippen LogP contribution in [-0.2, 0) is 4.79 Å². The second kappa shape index (κ2) is 8.75. The van der Waals surface area contributed by atoms with Crippen LogP contribution in [0.2, 0.25) is 0 Å². The normalized spacial score (nSPS) is 10.9. The minimum atomic E-state index is -0.591. The molecule has 0 unspecified atom stereocenters. The van der Waals surface area contributed by atoms with Crippen molar-refractivity contribution in [1.29, 1.82) is 5.26 Å². The number of methoxy groups -OCH3 is 1. The molecule has 0 saturated heterocycles. The van der Waals surface area contributed by atoms with E-state index in [-0.39, 0.29) is 17.0 Å². The standard InChI is InChI=1S/C22H17N3O5/c1-14-3-6-17(25(27)28)12-20(14)21-10-9-19(30-21)11-15(13-23)22(26)24-16-4-7-18(29-2)8-5-16/h3-12H,1-2H3,(H,24,26)/b15-11-. The molecule has 30 heavy (non-hydrogen) atoms. The van der Waals surface area contributed by atoms with E-state index in [1.807, 2.05) is 6.07 Å². The largest absolute Gasteiger partial charge is 0.497 e. The van der Waals surface area contributed by atoms with Gasteiger partial charge >= 0.3 is 0 Å². The molecule has 3 rings (SSSR count). The molecule has 1 N–H and O–H groups in total. The first-order chi connectivity index (χ1) is 14.4. The Morgan fingerprint density at radius 2 is 1.93 bits per heavy atom. The number of rotatable bonds is 6. The van der Waals surface area contributed by atoms with Gasteiger partial charge in [0.2, 0.25) is 0 Å². The van der Waals surface area contributed by atoms with Crippen molar-refractivity contribution in [2.24, 2.45) is 0 Å². The van der Waals surface area contributed by atoms with E-state index in [2.05, 4.69) is 5.32 Å². The molecule has 1 aromatic heterocycles. The second-order valence-electron chi connectivity index (χ2n) is 6.31. The summed E-state index contributed by atoms with van der Waals surface area (Å²) in [5.41, 5.74) is 1.66. The third kappa shape index (κ3) is 4.54. The molecule has 1 amide bonds. The minimum absolute atomic E-state index is 0.0549. The summed E-state index contributed by atoms with van der Waals surface area (Å²) in [6.07, 6.45) is 1.31. The lowest BCUT2D eigenvalue weighted by Gasteiger charge is -2.05. The number of ether oxygens (including phenoxy) is 1. The molecule has 3 aromatic rings. The van der Waals surface area contributed by atoms with Crippen LogP contribution >= 0.6 is 0 Å². The summed E-state index contributed by atoms with van der Waals surface area (Å²) < 4.78 is 10.8. The zero-order valence-corrected chi connectivity index (χ0v) is 16.2. The molecule has 150 valence electrons. The van der Waals surface area contributed by atoms with Crippen molar-refractivity contribution in [3.05, 3.63) is 81.6 Å². The molecule has 0 spiro atoms. The van der Waals surface area contributed by atoms with Crippen molar-refractivity contribution in [3.63, 3.8) is 0 Å². The highest BCUT2D eigenvalue weighted by Crippen LogP contribution is 2.29. The smallest absolute Gasteiger partial charge is 0.270 e. The summed E-state index contributed by atoms with van der Waals surface area (Å²) in [6, 6.07) is 16.2. The Kier molecular flexibility index (Phi) is 5.94. The number of carbonyl (C=O) groups is 1. The fourth-order valence-corrected chi connectivity index (χ4v) is 2.73. The number of hydrogen-bond acceptors (Lipinski definition) is 6. The van der Waals surface area contributed by atoms with Gasteiger partial charge in [-0.05, 0) is 48.9 Å². The van der Waals surface area contributed by atoms with Gasteiger partial charge < -0.3 is 14.5 Å². The van der Waals surface area contributed by atoms with Crippen LogP contribution in [0.15, 0.2) is 64.6 Å². The molecule has 0 aliphatic carbocycles.